The van der Waals surface area contributed by atoms with E-state index in [-0.39, 0.29) is 12.0 Å². The molecular weight excluding hydrogens is 336 g/mol. The molecule has 128 valence electrons. The fourth-order valence-corrected chi connectivity index (χ4v) is 3.62. The van der Waals surface area contributed by atoms with Crippen LogP contribution >= 0.6 is 11.3 Å². The Balaban J connectivity index is 1.40. The minimum atomic E-state index is -0.367. The molecule has 0 bridgehead atoms. The molecule has 6 nitrogen and oxygen atoms in total. The number of aromatic nitrogens is 2. The van der Waals surface area contributed by atoms with E-state index in [4.69, 9.17) is 4.42 Å². The van der Waals surface area contributed by atoms with Crippen LogP contribution in [0.4, 0.5) is 10.8 Å². The van der Waals surface area contributed by atoms with Crippen LogP contribution in [-0.4, -0.2) is 16.2 Å². The molecule has 0 spiro atoms. The van der Waals surface area contributed by atoms with E-state index < -0.39 is 0 Å². The summed E-state index contributed by atoms with van der Waals surface area (Å²) in [5, 5.41) is 15.2. The van der Waals surface area contributed by atoms with Gasteiger partial charge in [-0.25, -0.2) is 4.79 Å². The largest absolute Gasteiger partial charge is 0.403 e. The van der Waals surface area contributed by atoms with Gasteiger partial charge in [0.2, 0.25) is 5.89 Å². The van der Waals surface area contributed by atoms with Crippen LogP contribution < -0.4 is 10.6 Å². The lowest BCUT2D eigenvalue weighted by Crippen LogP contribution is -2.27. The van der Waals surface area contributed by atoms with Gasteiger partial charge in [0, 0.05) is 10.4 Å². The van der Waals surface area contributed by atoms with Crippen molar-refractivity contribution in [3.05, 3.63) is 51.7 Å². The molecule has 0 atom stereocenters. The highest BCUT2D eigenvalue weighted by molar-refractivity contribution is 7.09. The normalized spacial score (nSPS) is 13.3. The Bertz CT molecular complexity index is 873. The number of hydrogen-bond donors (Lipinski definition) is 2. The number of nitrogens with zero attached hydrogens (tertiary/aromatic N) is 2. The van der Waals surface area contributed by atoms with Gasteiger partial charge >= 0.3 is 12.0 Å². The number of fused-ring (bicyclic) bond motifs is 1. The predicted octanol–water partition coefficient (Wildman–Crippen LogP) is 4.00. The van der Waals surface area contributed by atoms with Crippen LogP contribution in [0.5, 0.6) is 0 Å². The Morgan fingerprint density at radius 3 is 2.88 bits per heavy atom. The predicted molar refractivity (Wildman–Crippen MR) is 96.6 cm³/mol. The van der Waals surface area contributed by atoms with Crippen LogP contribution in [-0.2, 0) is 19.4 Å². The molecule has 0 radical (unpaired) electrons. The summed E-state index contributed by atoms with van der Waals surface area (Å²) in [6, 6.07) is 9.88. The van der Waals surface area contributed by atoms with Crippen LogP contribution in [0.2, 0.25) is 0 Å². The molecule has 0 unspecified atom stereocenters. The minimum Gasteiger partial charge on any atom is -0.403 e. The first-order valence-electron chi connectivity index (χ1n) is 8.31. The summed E-state index contributed by atoms with van der Waals surface area (Å²) in [7, 11) is 0. The number of aryl methyl sites for hydroxylation is 2. The molecule has 0 aliphatic heterocycles. The smallest absolute Gasteiger partial charge is 0.324 e. The van der Waals surface area contributed by atoms with Crippen molar-refractivity contribution in [3.8, 4) is 11.5 Å². The summed E-state index contributed by atoms with van der Waals surface area (Å²) in [4.78, 5) is 13.0. The maximum absolute atomic E-state index is 11.9. The molecule has 4 rings (SSSR count). The second-order valence-electron chi connectivity index (χ2n) is 5.99. The molecule has 7 heteroatoms. The molecule has 0 saturated carbocycles. The van der Waals surface area contributed by atoms with Crippen LogP contribution in [0, 0.1) is 0 Å². The van der Waals surface area contributed by atoms with Gasteiger partial charge in [-0.2, -0.15) is 0 Å². The highest BCUT2D eigenvalue weighted by atomic mass is 32.1. The summed E-state index contributed by atoms with van der Waals surface area (Å²) in [6.07, 6.45) is 4.70. The van der Waals surface area contributed by atoms with Crippen molar-refractivity contribution in [1.82, 2.24) is 15.5 Å². The monoisotopic (exact) mass is 354 g/mol. The number of amides is 2. The highest BCUT2D eigenvalue weighted by Gasteiger charge is 2.14. The lowest BCUT2D eigenvalue weighted by Gasteiger charge is -2.15. The number of carbonyl (C=O) groups excluding carboxylic acids is 1. The first-order chi connectivity index (χ1) is 12.3. The second-order valence-corrected chi connectivity index (χ2v) is 7.02. The van der Waals surface area contributed by atoms with Gasteiger partial charge in [0.15, 0.2) is 0 Å². The van der Waals surface area contributed by atoms with Crippen LogP contribution in [0.25, 0.3) is 11.5 Å². The lowest BCUT2D eigenvalue weighted by molar-refractivity contribution is 0.251. The number of nitrogens with one attached hydrogen (secondary N) is 2. The van der Waals surface area contributed by atoms with Gasteiger partial charge in [-0.05, 0) is 60.4 Å². The maximum Gasteiger partial charge on any atom is 0.324 e. The third-order valence-corrected chi connectivity index (χ3v) is 5.12. The van der Waals surface area contributed by atoms with E-state index in [1.807, 2.05) is 23.6 Å². The molecular formula is C18H18N4O2S. The molecule has 1 aliphatic carbocycles. The Labute approximate surface area is 149 Å². The van der Waals surface area contributed by atoms with E-state index in [0.29, 0.717) is 12.4 Å². The average Bonchev–Trinajstić information content (AvgIpc) is 3.31. The Kier molecular flexibility index (Phi) is 4.47. The van der Waals surface area contributed by atoms with Crippen molar-refractivity contribution in [3.63, 3.8) is 0 Å². The molecule has 2 heterocycles. The third-order valence-electron chi connectivity index (χ3n) is 4.24. The van der Waals surface area contributed by atoms with Gasteiger partial charge < -0.3 is 9.73 Å². The molecule has 2 aromatic heterocycles. The van der Waals surface area contributed by atoms with Crippen LogP contribution in [0.3, 0.4) is 0 Å². The summed E-state index contributed by atoms with van der Waals surface area (Å²) in [5.74, 6) is 0.418. The zero-order chi connectivity index (χ0) is 17.1. The Morgan fingerprint density at radius 1 is 1.16 bits per heavy atom. The van der Waals surface area contributed by atoms with Gasteiger partial charge in [0.25, 0.3) is 0 Å². The number of benzene rings is 1. The zero-order valence-corrected chi connectivity index (χ0v) is 14.4. The van der Waals surface area contributed by atoms with Crippen molar-refractivity contribution in [1.29, 1.82) is 0 Å². The van der Waals surface area contributed by atoms with Gasteiger partial charge in [-0.3, -0.25) is 5.32 Å². The highest BCUT2D eigenvalue weighted by Crippen LogP contribution is 2.27. The summed E-state index contributed by atoms with van der Waals surface area (Å²) in [6.45, 7) is 0.468. The van der Waals surface area contributed by atoms with E-state index in [0.717, 1.165) is 23.3 Å². The number of rotatable bonds is 4. The minimum absolute atomic E-state index is 0.0939. The van der Waals surface area contributed by atoms with Gasteiger partial charge in [0.05, 0.1) is 6.54 Å². The molecule has 2 N–H and O–H groups in total. The van der Waals surface area contributed by atoms with Crippen molar-refractivity contribution >= 4 is 23.4 Å². The van der Waals surface area contributed by atoms with E-state index in [9.17, 15) is 4.79 Å². The second kappa shape index (κ2) is 7.06. The quantitative estimate of drug-likeness (QED) is 0.742. The number of urea groups is 1. The van der Waals surface area contributed by atoms with E-state index >= 15 is 0 Å². The SMILES string of the molecule is O=C(NCc1cccs1)Nc1nnc(-c2ccc3c(c2)CCCC3)o1. The third kappa shape index (κ3) is 3.71. The van der Waals surface area contributed by atoms with Crippen molar-refractivity contribution < 1.29 is 9.21 Å². The molecule has 2 amide bonds. The number of carbonyl (C=O) groups is 1. The summed E-state index contributed by atoms with van der Waals surface area (Å²) < 4.78 is 5.58. The fraction of sp³-hybridized carbons (Fsp3) is 0.278. The average molecular weight is 354 g/mol. The van der Waals surface area contributed by atoms with Gasteiger partial charge in [-0.1, -0.05) is 17.2 Å². The zero-order valence-electron chi connectivity index (χ0n) is 13.6. The van der Waals surface area contributed by atoms with E-state index in [2.05, 4.69) is 33.0 Å². The maximum atomic E-state index is 11.9. The first kappa shape index (κ1) is 15.8. The van der Waals surface area contributed by atoms with Gasteiger partial charge in [0.1, 0.15) is 0 Å². The van der Waals surface area contributed by atoms with Crippen molar-refractivity contribution in [2.45, 2.75) is 32.2 Å². The molecule has 1 aromatic carbocycles. The van der Waals surface area contributed by atoms with Crippen LogP contribution in [0.15, 0.2) is 40.1 Å². The van der Waals surface area contributed by atoms with E-state index in [1.54, 1.807) is 11.3 Å². The topological polar surface area (TPSA) is 80.0 Å². The Hall–Kier alpha value is -2.67. The lowest BCUT2D eigenvalue weighted by atomic mass is 9.90. The molecule has 3 aromatic rings. The number of anilines is 1. The molecule has 0 fully saturated rings. The molecule has 1 aliphatic rings. The van der Waals surface area contributed by atoms with Gasteiger partial charge in [-0.15, -0.1) is 16.4 Å². The summed E-state index contributed by atoms with van der Waals surface area (Å²) >= 11 is 1.59. The molecule has 0 saturated heterocycles. The van der Waals surface area contributed by atoms with E-state index in [1.165, 1.54) is 24.0 Å². The number of hydrogen-bond acceptors (Lipinski definition) is 5. The van der Waals surface area contributed by atoms with Crippen molar-refractivity contribution in [2.24, 2.45) is 0 Å². The standard InChI is InChI=1S/C18H18N4O2S/c23-17(19-11-15-6-3-9-25-15)20-18-22-21-16(24-18)14-8-7-12-4-1-2-5-13(12)10-14/h3,6-10H,1-2,4-5,11H2,(H2,19,20,22,23). The Morgan fingerprint density at radius 2 is 2.04 bits per heavy atom. The summed E-state index contributed by atoms with van der Waals surface area (Å²) in [5.41, 5.74) is 3.64. The van der Waals surface area contributed by atoms with Crippen molar-refractivity contribution in [2.75, 3.05) is 5.32 Å². The first-order valence-corrected chi connectivity index (χ1v) is 9.19. The molecule has 25 heavy (non-hydrogen) atoms. The number of thiophene rings is 1. The van der Waals surface area contributed by atoms with Crippen LogP contribution in [0.1, 0.15) is 28.8 Å². The fourth-order valence-electron chi connectivity index (χ4n) is 2.98.